The number of esters is 1. The Bertz CT molecular complexity index is 1230. The second-order valence-corrected chi connectivity index (χ2v) is 8.73. The van der Waals surface area contributed by atoms with E-state index in [1.54, 1.807) is 50.2 Å². The van der Waals surface area contributed by atoms with Gasteiger partial charge in [-0.05, 0) is 65.8 Å². The van der Waals surface area contributed by atoms with Gasteiger partial charge in [0.05, 0.1) is 36.0 Å². The molecule has 2 aromatic rings. The monoisotopic (exact) mass is 576 g/mol. The van der Waals surface area contributed by atoms with Crippen LogP contribution in [0.25, 0.3) is 0 Å². The van der Waals surface area contributed by atoms with E-state index in [0.717, 1.165) is 0 Å². The average Bonchev–Trinajstić information content (AvgIpc) is 2.84. The molecule has 0 aliphatic carbocycles. The molecule has 12 heteroatoms. The number of allylic oxidation sites excluding steroid dienone is 1. The van der Waals surface area contributed by atoms with Gasteiger partial charge in [0.2, 0.25) is 0 Å². The Hall–Kier alpha value is -3.64. The lowest BCUT2D eigenvalue weighted by Crippen LogP contribution is -2.45. The minimum absolute atomic E-state index is 0.0362. The van der Waals surface area contributed by atoms with Crippen molar-refractivity contribution in [3.8, 4) is 17.2 Å². The maximum Gasteiger partial charge on any atom is 0.338 e. The number of methoxy groups -OCH3 is 1. The van der Waals surface area contributed by atoms with Crippen molar-refractivity contribution in [2.75, 3.05) is 20.3 Å². The van der Waals surface area contributed by atoms with Crippen LogP contribution < -0.4 is 25.5 Å². The number of carbonyl (C=O) groups excluding carboxylic acids is 2. The van der Waals surface area contributed by atoms with Gasteiger partial charge in [-0.1, -0.05) is 18.2 Å². The molecule has 0 unspecified atom stereocenters. The molecule has 1 aliphatic heterocycles. The fourth-order valence-electron chi connectivity index (χ4n) is 3.44. The lowest BCUT2D eigenvalue weighted by Gasteiger charge is -2.30. The number of phenolic OH excluding ortho intramolecular Hbond substituents is 1. The first-order chi connectivity index (χ1) is 17.2. The first-order valence-corrected chi connectivity index (χ1v) is 12.0. The number of hydrazone groups is 1. The molecule has 0 saturated heterocycles. The highest BCUT2D eigenvalue weighted by Gasteiger charge is 2.32. The van der Waals surface area contributed by atoms with E-state index in [1.807, 2.05) is 0 Å². The summed E-state index contributed by atoms with van der Waals surface area (Å²) < 4.78 is 16.5. The van der Waals surface area contributed by atoms with Gasteiger partial charge < -0.3 is 30.0 Å². The van der Waals surface area contributed by atoms with E-state index in [0.29, 0.717) is 37.7 Å². The third kappa shape index (κ3) is 6.52. The van der Waals surface area contributed by atoms with Crippen LogP contribution in [0.2, 0.25) is 0 Å². The lowest BCUT2D eigenvalue weighted by molar-refractivity contribution is -0.139. The fraction of sp³-hybridized carbons (Fsp3) is 0.250. The quantitative estimate of drug-likeness (QED) is 0.154. The summed E-state index contributed by atoms with van der Waals surface area (Å²) in [6.07, 6.45) is 1.40. The number of ether oxygens (including phenoxy) is 3. The molecule has 36 heavy (non-hydrogen) atoms. The van der Waals surface area contributed by atoms with Gasteiger partial charge in [0.15, 0.2) is 23.2 Å². The maximum absolute atomic E-state index is 12.6. The molecule has 1 aliphatic rings. The molecule has 0 bridgehead atoms. The Labute approximate surface area is 221 Å². The Kier molecular flexibility index (Phi) is 9.25. The number of benzene rings is 2. The van der Waals surface area contributed by atoms with Crippen molar-refractivity contribution in [3.05, 3.63) is 63.3 Å². The molecule has 0 fully saturated rings. The normalized spacial score (nSPS) is 15.2. The van der Waals surface area contributed by atoms with Crippen molar-refractivity contribution < 1.29 is 28.9 Å². The van der Waals surface area contributed by atoms with Crippen molar-refractivity contribution in [2.24, 2.45) is 5.10 Å². The Morgan fingerprint density at radius 2 is 2.03 bits per heavy atom. The van der Waals surface area contributed by atoms with E-state index in [-0.39, 0.29) is 24.7 Å². The molecular weight excluding hydrogens is 552 g/mol. The van der Waals surface area contributed by atoms with E-state index in [1.165, 1.54) is 13.3 Å². The molecule has 0 aromatic heterocycles. The number of phenols is 1. The highest BCUT2D eigenvalue weighted by Crippen LogP contribution is 2.35. The van der Waals surface area contributed by atoms with E-state index >= 15 is 0 Å². The van der Waals surface area contributed by atoms with E-state index in [9.17, 15) is 14.7 Å². The highest BCUT2D eigenvalue weighted by atomic mass is 79.9. The topological polar surface area (TPSA) is 131 Å². The molecule has 2 aromatic carbocycles. The van der Waals surface area contributed by atoms with Gasteiger partial charge >= 0.3 is 5.97 Å². The molecule has 0 saturated carbocycles. The van der Waals surface area contributed by atoms with Crippen LogP contribution in [-0.4, -0.2) is 48.6 Å². The van der Waals surface area contributed by atoms with Crippen LogP contribution in [0.4, 0.5) is 0 Å². The van der Waals surface area contributed by atoms with Gasteiger partial charge in [0.1, 0.15) is 5.75 Å². The Balaban J connectivity index is 1.71. The number of nitrogens with zero attached hydrogens (tertiary/aromatic N) is 1. The summed E-state index contributed by atoms with van der Waals surface area (Å²) in [6.45, 7) is 3.36. The van der Waals surface area contributed by atoms with E-state index in [2.05, 4.69) is 37.1 Å². The number of para-hydroxylation sites is 1. The van der Waals surface area contributed by atoms with Crippen LogP contribution in [0, 0.1) is 0 Å². The summed E-state index contributed by atoms with van der Waals surface area (Å²) in [4.78, 5) is 25.0. The number of rotatable bonds is 9. The number of amides is 1. The number of hydrogen-bond acceptors (Lipinski definition) is 8. The van der Waals surface area contributed by atoms with Crippen molar-refractivity contribution in [1.29, 1.82) is 0 Å². The lowest BCUT2D eigenvalue weighted by atomic mass is 9.95. The van der Waals surface area contributed by atoms with Gasteiger partial charge in [-0.2, -0.15) is 5.10 Å². The highest BCUT2D eigenvalue weighted by molar-refractivity contribution is 9.10. The molecule has 0 radical (unpaired) electrons. The number of carbonyl (C=O) groups is 2. The van der Waals surface area contributed by atoms with Gasteiger partial charge in [-0.3, -0.25) is 4.79 Å². The van der Waals surface area contributed by atoms with Crippen molar-refractivity contribution in [2.45, 2.75) is 19.9 Å². The second kappa shape index (κ2) is 12.4. The predicted molar refractivity (Wildman–Crippen MR) is 141 cm³/mol. The third-order valence-electron chi connectivity index (χ3n) is 5.03. The zero-order valence-electron chi connectivity index (χ0n) is 19.8. The van der Waals surface area contributed by atoms with Gasteiger partial charge in [0.25, 0.3) is 5.91 Å². The predicted octanol–water partition coefficient (Wildman–Crippen LogP) is 3.05. The zero-order valence-corrected chi connectivity index (χ0v) is 22.2. The molecule has 10 nitrogen and oxygen atoms in total. The van der Waals surface area contributed by atoms with Crippen LogP contribution >= 0.6 is 28.1 Å². The second-order valence-electron chi connectivity index (χ2n) is 7.46. The summed E-state index contributed by atoms with van der Waals surface area (Å²) in [5.74, 6) is -0.375. The fourth-order valence-corrected chi connectivity index (χ4v) is 4.17. The van der Waals surface area contributed by atoms with Crippen molar-refractivity contribution >= 4 is 51.4 Å². The van der Waals surface area contributed by atoms with Crippen LogP contribution in [0.15, 0.2) is 57.2 Å². The average molecular weight is 577 g/mol. The van der Waals surface area contributed by atoms with Crippen molar-refractivity contribution in [1.82, 2.24) is 16.1 Å². The first kappa shape index (κ1) is 27.0. The summed E-state index contributed by atoms with van der Waals surface area (Å²) in [7, 11) is 1.43. The summed E-state index contributed by atoms with van der Waals surface area (Å²) in [5.41, 5.74) is 4.52. The SMILES string of the molecule is CCOC(=O)C1=C(C)NC(=S)N[C@@H]1c1ccccc1OCC(=O)NN=Cc1cc(Br)c(O)c(OC)c1. The largest absolute Gasteiger partial charge is 0.503 e. The van der Waals surface area contributed by atoms with Gasteiger partial charge in [-0.15, -0.1) is 0 Å². The number of nitrogens with one attached hydrogen (secondary N) is 3. The molecule has 1 atom stereocenters. The molecule has 3 rings (SSSR count). The minimum Gasteiger partial charge on any atom is -0.503 e. The zero-order chi connectivity index (χ0) is 26.2. The van der Waals surface area contributed by atoms with Crippen LogP contribution in [0.1, 0.15) is 31.0 Å². The van der Waals surface area contributed by atoms with Crippen LogP contribution in [0.3, 0.4) is 0 Å². The number of thiocarbonyl (C=S) groups is 1. The maximum atomic E-state index is 12.6. The van der Waals surface area contributed by atoms with E-state index in [4.69, 9.17) is 26.4 Å². The van der Waals surface area contributed by atoms with Crippen molar-refractivity contribution in [3.63, 3.8) is 0 Å². The van der Waals surface area contributed by atoms with Gasteiger partial charge in [0, 0.05) is 11.3 Å². The molecule has 1 heterocycles. The molecular formula is C24H25BrN4O6S. The standard InChI is InChI=1S/C24H25BrN4O6S/c1-4-34-23(32)20-13(2)27-24(36)28-21(20)15-7-5-6-8-17(15)35-12-19(30)29-26-11-14-9-16(25)22(31)18(10-14)33-3/h5-11,21,31H,4,12H2,1-3H3,(H,29,30)(H2,27,28,36)/t21-/m1/s1. The number of hydrogen-bond donors (Lipinski definition) is 4. The molecule has 0 spiro atoms. The van der Waals surface area contributed by atoms with Crippen LogP contribution in [-0.2, 0) is 14.3 Å². The molecule has 190 valence electrons. The van der Waals surface area contributed by atoms with Crippen LogP contribution in [0.5, 0.6) is 17.2 Å². The Morgan fingerprint density at radius 1 is 1.28 bits per heavy atom. The summed E-state index contributed by atoms with van der Waals surface area (Å²) in [5, 5.41) is 20.2. The minimum atomic E-state index is -0.627. The molecule has 1 amide bonds. The Morgan fingerprint density at radius 3 is 2.75 bits per heavy atom. The first-order valence-electron chi connectivity index (χ1n) is 10.8. The van der Waals surface area contributed by atoms with Gasteiger partial charge in [-0.25, -0.2) is 10.2 Å². The molecule has 4 N–H and O–H groups in total. The smallest absolute Gasteiger partial charge is 0.338 e. The third-order valence-corrected chi connectivity index (χ3v) is 5.85. The number of halogens is 1. The summed E-state index contributed by atoms with van der Waals surface area (Å²) >= 11 is 8.51. The van der Waals surface area contributed by atoms with E-state index < -0.39 is 17.9 Å². The summed E-state index contributed by atoms with van der Waals surface area (Å²) in [6, 6.07) is 9.57. The number of aromatic hydroxyl groups is 1.